The highest BCUT2D eigenvalue weighted by atomic mass is 32.2. The van der Waals surface area contributed by atoms with E-state index in [1.165, 1.54) is 6.07 Å². The number of fused-ring (bicyclic) bond motifs is 2. The number of hydrogen-bond donors (Lipinski definition) is 2. The summed E-state index contributed by atoms with van der Waals surface area (Å²) in [5.74, 6) is 3.52. The van der Waals surface area contributed by atoms with E-state index >= 15 is 0 Å². The molecule has 1 unspecified atom stereocenters. The minimum Gasteiger partial charge on any atom is -0.344 e. The van der Waals surface area contributed by atoms with Crippen molar-refractivity contribution in [3.8, 4) is 0 Å². The summed E-state index contributed by atoms with van der Waals surface area (Å²) in [5, 5.41) is 0. The summed E-state index contributed by atoms with van der Waals surface area (Å²) >= 11 is 0. The third-order valence-electron chi connectivity index (χ3n) is 11.2. The maximum absolute atomic E-state index is 14.1. The molecule has 0 aromatic heterocycles. The average molecular weight is 795 g/mol. The van der Waals surface area contributed by atoms with Gasteiger partial charge in [-0.2, -0.15) is 8.42 Å². The van der Waals surface area contributed by atoms with E-state index in [0.717, 1.165) is 92.9 Å². The lowest BCUT2D eigenvalue weighted by Gasteiger charge is -2.29. The number of allylic oxidation sites excluding steroid dienone is 8. The van der Waals surface area contributed by atoms with E-state index in [1.807, 2.05) is 30.4 Å². The second kappa shape index (κ2) is 15.1. The van der Waals surface area contributed by atoms with Crippen molar-refractivity contribution < 1.29 is 35.5 Å². The molecule has 1 aliphatic carbocycles. The van der Waals surface area contributed by atoms with Crippen LogP contribution in [0.5, 0.6) is 0 Å². The number of benzene rings is 2. The van der Waals surface area contributed by atoms with Crippen LogP contribution in [-0.2, 0) is 35.5 Å². The Labute approximate surface area is 330 Å². The SMILES string of the molecule is C=S(=O)(O)c1ccc2c(c1)C(C)(C)/C(=C\C=C1/CCC/C(=C\C=C3\N(CCC[N+](C)(C)C)c4ccc(S(=O)(=O)O)cc4C3(C)C)C1=O)N2CCC[N+](C)(C)C. The molecule has 0 amide bonds. The number of carbonyl (C=O) groups excluding carboxylic acids is 1. The Morgan fingerprint density at radius 2 is 1.09 bits per heavy atom. The van der Waals surface area contributed by atoms with Crippen LogP contribution in [0.2, 0.25) is 0 Å². The van der Waals surface area contributed by atoms with Crippen molar-refractivity contribution in [3.05, 3.63) is 94.4 Å². The molecule has 0 radical (unpaired) electrons. The molecular formula is C43H62N4O6S2+2. The molecule has 2 heterocycles. The van der Waals surface area contributed by atoms with Crippen LogP contribution in [0.3, 0.4) is 0 Å². The standard InChI is InChI=1S/C43H60N4O6S2/c1-42(2)35-29-33(54(11,49)50)19-21-37(35)44(25-13-27-46(5,6)7)39(42)23-17-31-15-12-16-32(41(31)48)18-24-40-43(3,4)36-30-34(55(51,52)53)20-22-38(36)45(40)26-14-28-47(8,9)10/h17-24,29-30H,11-16,25-28H2,1-10H3/p+2/b31-17+,32-18+,39-23+,40-24+. The van der Waals surface area contributed by atoms with E-state index in [2.05, 4.69) is 91.7 Å². The zero-order valence-corrected chi connectivity index (χ0v) is 36.1. The largest absolute Gasteiger partial charge is 0.344 e. The van der Waals surface area contributed by atoms with Gasteiger partial charge in [0.1, 0.15) is 9.80 Å². The lowest BCUT2D eigenvalue weighted by atomic mass is 9.82. The molecule has 1 fully saturated rings. The Kier molecular flexibility index (Phi) is 11.7. The summed E-state index contributed by atoms with van der Waals surface area (Å²) < 4.78 is 58.6. The first-order chi connectivity index (χ1) is 25.2. The molecule has 2 aromatic rings. The maximum atomic E-state index is 14.1. The molecule has 12 heteroatoms. The molecular weight excluding hydrogens is 733 g/mol. The first-order valence-electron chi connectivity index (χ1n) is 19.1. The van der Waals surface area contributed by atoms with Gasteiger partial charge in [0.15, 0.2) is 5.78 Å². The summed E-state index contributed by atoms with van der Waals surface area (Å²) in [6.07, 6.45) is 12.0. The van der Waals surface area contributed by atoms with Crippen molar-refractivity contribution in [2.24, 2.45) is 0 Å². The van der Waals surface area contributed by atoms with E-state index in [0.29, 0.717) is 24.3 Å². The minimum absolute atomic E-state index is 0.0165. The predicted molar refractivity (Wildman–Crippen MR) is 226 cm³/mol. The van der Waals surface area contributed by atoms with Gasteiger partial charge in [-0.15, -0.1) is 0 Å². The highest BCUT2D eigenvalue weighted by Crippen LogP contribution is 2.50. The normalized spacial score (nSPS) is 22.5. The molecule has 0 saturated heterocycles. The summed E-state index contributed by atoms with van der Waals surface area (Å²) in [5.41, 5.74) is 6.08. The van der Waals surface area contributed by atoms with Crippen LogP contribution in [0, 0.1) is 0 Å². The lowest BCUT2D eigenvalue weighted by molar-refractivity contribution is -0.870. The van der Waals surface area contributed by atoms with Crippen LogP contribution in [0.15, 0.2) is 93.0 Å². The molecule has 10 nitrogen and oxygen atoms in total. The van der Waals surface area contributed by atoms with Crippen LogP contribution in [0.25, 0.3) is 0 Å². The number of carbonyl (C=O) groups is 1. The van der Waals surface area contributed by atoms with Gasteiger partial charge in [0.25, 0.3) is 10.1 Å². The first-order valence-corrected chi connectivity index (χ1v) is 22.2. The molecule has 2 aromatic carbocycles. The number of rotatable bonds is 12. The molecule has 2 N–H and O–H groups in total. The van der Waals surface area contributed by atoms with Crippen LogP contribution in [0.4, 0.5) is 11.4 Å². The van der Waals surface area contributed by atoms with Gasteiger partial charge < -0.3 is 23.3 Å². The Morgan fingerprint density at radius 3 is 1.47 bits per heavy atom. The van der Waals surface area contributed by atoms with E-state index in [4.69, 9.17) is 0 Å². The fraction of sp³-hybridized carbons (Fsp3) is 0.488. The van der Waals surface area contributed by atoms with Crippen LogP contribution < -0.4 is 9.80 Å². The number of nitrogens with zero attached hydrogens (tertiary/aromatic N) is 4. The quantitative estimate of drug-likeness (QED) is 0.103. The number of anilines is 2. The monoisotopic (exact) mass is 794 g/mol. The molecule has 1 saturated carbocycles. The Balaban J connectivity index is 1.50. The maximum Gasteiger partial charge on any atom is 0.294 e. The number of quaternary nitrogens is 2. The smallest absolute Gasteiger partial charge is 0.294 e. The third-order valence-corrected chi connectivity index (χ3v) is 13.0. The zero-order chi connectivity index (χ0) is 40.9. The number of Topliss-reactive ketones (excluding diaryl/α,β-unsaturated/α-hetero) is 1. The fourth-order valence-corrected chi connectivity index (χ4v) is 9.23. The minimum atomic E-state index is -4.38. The Morgan fingerprint density at radius 1 is 0.691 bits per heavy atom. The number of hydrogen-bond acceptors (Lipinski definition) is 6. The summed E-state index contributed by atoms with van der Waals surface area (Å²) in [4.78, 5) is 18.8. The average Bonchev–Trinajstić information content (AvgIpc) is 3.39. The van der Waals surface area contributed by atoms with E-state index < -0.39 is 30.8 Å². The van der Waals surface area contributed by atoms with Crippen molar-refractivity contribution in [1.29, 1.82) is 0 Å². The van der Waals surface area contributed by atoms with Gasteiger partial charge in [0.05, 0.1) is 65.2 Å². The van der Waals surface area contributed by atoms with Gasteiger partial charge in [-0.3, -0.25) is 9.35 Å². The van der Waals surface area contributed by atoms with Gasteiger partial charge in [0, 0.05) is 59.5 Å². The molecule has 0 spiro atoms. The molecule has 1 atom stereocenters. The van der Waals surface area contributed by atoms with Crippen LogP contribution in [-0.4, -0.2) is 111 Å². The fourth-order valence-electron chi connectivity index (χ4n) is 8.14. The van der Waals surface area contributed by atoms with Gasteiger partial charge in [-0.1, -0.05) is 39.8 Å². The van der Waals surface area contributed by atoms with Crippen LogP contribution >= 0.6 is 0 Å². The second-order valence-electron chi connectivity index (χ2n) is 18.4. The lowest BCUT2D eigenvalue weighted by Crippen LogP contribution is -2.37. The van der Waals surface area contributed by atoms with Gasteiger partial charge >= 0.3 is 0 Å². The molecule has 300 valence electrons. The summed E-state index contributed by atoms with van der Waals surface area (Å²) in [6, 6.07) is 10.2. The molecule has 2 aliphatic heterocycles. The Hall–Kier alpha value is -3.52. The van der Waals surface area contributed by atoms with Crippen molar-refractivity contribution in [3.63, 3.8) is 0 Å². The summed E-state index contributed by atoms with van der Waals surface area (Å²) in [6.45, 7) is 11.7. The summed E-state index contributed by atoms with van der Waals surface area (Å²) in [7, 11) is 5.21. The molecule has 55 heavy (non-hydrogen) atoms. The topological polar surface area (TPSA) is 115 Å². The van der Waals surface area contributed by atoms with E-state index in [1.54, 1.807) is 18.2 Å². The van der Waals surface area contributed by atoms with Crippen molar-refractivity contribution in [2.45, 2.75) is 80.4 Å². The highest BCUT2D eigenvalue weighted by molar-refractivity contribution is 7.95. The van der Waals surface area contributed by atoms with E-state index in [-0.39, 0.29) is 10.7 Å². The molecule has 0 bridgehead atoms. The third kappa shape index (κ3) is 9.38. The Bertz CT molecular complexity index is 2040. The second-order valence-corrected chi connectivity index (χ2v) is 21.6. The van der Waals surface area contributed by atoms with Crippen LogP contribution in [0.1, 0.15) is 70.9 Å². The first kappa shape index (κ1) is 42.6. The van der Waals surface area contributed by atoms with Gasteiger partial charge in [-0.25, -0.2) is 4.21 Å². The highest BCUT2D eigenvalue weighted by Gasteiger charge is 2.42. The zero-order valence-electron chi connectivity index (χ0n) is 34.5. The molecule has 3 aliphatic rings. The van der Waals surface area contributed by atoms with Crippen molar-refractivity contribution >= 4 is 42.9 Å². The predicted octanol–water partition coefficient (Wildman–Crippen LogP) is 6.94. The van der Waals surface area contributed by atoms with Gasteiger partial charge in [0.2, 0.25) is 0 Å². The molecule has 5 rings (SSSR count). The van der Waals surface area contributed by atoms with Crippen molar-refractivity contribution in [2.75, 3.05) is 78.3 Å². The number of ketones is 1. The van der Waals surface area contributed by atoms with Gasteiger partial charge in [-0.05, 0) is 96.0 Å². The van der Waals surface area contributed by atoms with E-state index in [9.17, 15) is 26.5 Å². The van der Waals surface area contributed by atoms with Crippen molar-refractivity contribution in [1.82, 2.24) is 0 Å².